The van der Waals surface area contributed by atoms with Crippen molar-refractivity contribution in [2.24, 2.45) is 5.10 Å². The maximum atomic E-state index is 13.1. The number of thiophene rings is 1. The zero-order chi connectivity index (χ0) is 22.1. The van der Waals surface area contributed by atoms with Crippen molar-refractivity contribution in [3.8, 4) is 10.7 Å². The first-order valence-electron chi connectivity index (χ1n) is 9.66. The third kappa shape index (κ3) is 4.04. The largest absolute Gasteiger partial charge is 0.467 e. The highest BCUT2D eigenvalue weighted by atomic mass is 35.5. The van der Waals surface area contributed by atoms with Crippen LogP contribution in [-0.2, 0) is 4.79 Å². The van der Waals surface area contributed by atoms with Gasteiger partial charge in [0.2, 0.25) is 5.16 Å². The molecule has 11 heteroatoms. The third-order valence-electron chi connectivity index (χ3n) is 4.95. The van der Waals surface area contributed by atoms with Crippen LogP contribution in [-0.4, -0.2) is 37.3 Å². The quantitative estimate of drug-likeness (QED) is 0.320. The number of furan rings is 1. The van der Waals surface area contributed by atoms with Crippen molar-refractivity contribution in [3.05, 3.63) is 76.5 Å². The number of hydrogen-bond donors (Lipinski definition) is 1. The van der Waals surface area contributed by atoms with Gasteiger partial charge in [0.1, 0.15) is 11.8 Å². The molecule has 3 aromatic heterocycles. The third-order valence-corrected chi connectivity index (χ3v) is 6.99. The van der Waals surface area contributed by atoms with Gasteiger partial charge in [-0.1, -0.05) is 41.6 Å². The Labute approximate surface area is 196 Å². The molecular weight excluding hydrogens is 468 g/mol. The van der Waals surface area contributed by atoms with E-state index in [0.717, 1.165) is 16.2 Å². The Hall–Kier alpha value is -3.08. The molecule has 5 rings (SSSR count). The Morgan fingerprint density at radius 1 is 1.22 bits per heavy atom. The van der Waals surface area contributed by atoms with E-state index in [1.54, 1.807) is 24.5 Å². The topological polar surface area (TPSA) is 103 Å². The van der Waals surface area contributed by atoms with Gasteiger partial charge in [0.25, 0.3) is 5.91 Å². The zero-order valence-corrected chi connectivity index (χ0v) is 19.0. The van der Waals surface area contributed by atoms with Gasteiger partial charge in [0, 0.05) is 11.4 Å². The summed E-state index contributed by atoms with van der Waals surface area (Å²) in [6, 6.07) is 14.6. The first-order valence-corrected chi connectivity index (χ1v) is 11.9. The minimum absolute atomic E-state index is 0.106. The second kappa shape index (κ2) is 8.81. The van der Waals surface area contributed by atoms with E-state index in [9.17, 15) is 4.79 Å². The van der Waals surface area contributed by atoms with Gasteiger partial charge in [0.05, 0.1) is 22.6 Å². The molecule has 1 amide bonds. The summed E-state index contributed by atoms with van der Waals surface area (Å²) in [6.45, 7) is 0. The molecule has 8 nitrogen and oxygen atoms in total. The molecule has 0 aliphatic carbocycles. The number of hydrazone groups is 1. The normalized spacial score (nSPS) is 15.8. The Bertz CT molecular complexity index is 1250. The number of amides is 1. The Balaban J connectivity index is 1.35. The zero-order valence-electron chi connectivity index (χ0n) is 16.6. The molecule has 1 aromatic carbocycles. The van der Waals surface area contributed by atoms with E-state index >= 15 is 0 Å². The summed E-state index contributed by atoms with van der Waals surface area (Å²) in [7, 11) is 0. The molecular formula is C21H17ClN6O2S2. The number of aromatic nitrogens is 3. The predicted octanol–water partition coefficient (Wildman–Crippen LogP) is 4.44. The van der Waals surface area contributed by atoms with Gasteiger partial charge in [-0.25, -0.2) is 9.69 Å². The lowest BCUT2D eigenvalue weighted by molar-refractivity contribution is -0.130. The maximum Gasteiger partial charge on any atom is 0.253 e. The molecule has 0 fully saturated rings. The highest BCUT2D eigenvalue weighted by Crippen LogP contribution is 2.34. The minimum atomic E-state index is -0.318. The standard InChI is InChI=1S/C21H17ClN6O2S2/c22-14-7-5-13(6-8-14)15-11-16(17-3-1-9-30-17)28(26-15)19(29)12-32-21-25-24-20(27(21)23)18-4-2-10-31-18/h1-10,16H,11-12,23H2. The van der Waals surface area contributed by atoms with Gasteiger partial charge in [0.15, 0.2) is 5.82 Å². The van der Waals surface area contributed by atoms with Gasteiger partial charge < -0.3 is 10.3 Å². The number of rotatable bonds is 6. The van der Waals surface area contributed by atoms with Crippen LogP contribution in [0.1, 0.15) is 23.8 Å². The number of nitrogens with two attached hydrogens (primary N) is 1. The summed E-state index contributed by atoms with van der Waals surface area (Å²) >= 11 is 8.75. The van der Waals surface area contributed by atoms with Crippen LogP contribution in [0.3, 0.4) is 0 Å². The van der Waals surface area contributed by atoms with Crippen LogP contribution in [0.4, 0.5) is 0 Å². The molecule has 2 N–H and O–H groups in total. The minimum Gasteiger partial charge on any atom is -0.467 e. The van der Waals surface area contributed by atoms with Crippen molar-refractivity contribution in [1.29, 1.82) is 0 Å². The molecule has 1 aliphatic rings. The van der Waals surface area contributed by atoms with Crippen molar-refractivity contribution in [3.63, 3.8) is 0 Å². The number of nitrogens with zero attached hydrogens (tertiary/aromatic N) is 5. The molecule has 0 saturated carbocycles. The average molecular weight is 485 g/mol. The van der Waals surface area contributed by atoms with E-state index in [1.807, 2.05) is 35.7 Å². The van der Waals surface area contributed by atoms with Gasteiger partial charge in [-0.15, -0.1) is 21.5 Å². The lowest BCUT2D eigenvalue weighted by atomic mass is 10.0. The number of carbonyl (C=O) groups is 1. The molecule has 1 atom stereocenters. The van der Waals surface area contributed by atoms with E-state index in [1.165, 1.54) is 32.8 Å². The van der Waals surface area contributed by atoms with Crippen molar-refractivity contribution in [2.45, 2.75) is 17.6 Å². The van der Waals surface area contributed by atoms with Crippen LogP contribution in [0.15, 0.2) is 74.8 Å². The average Bonchev–Trinajstić information content (AvgIpc) is 3.59. The molecule has 0 spiro atoms. The van der Waals surface area contributed by atoms with Crippen LogP contribution in [0.25, 0.3) is 10.7 Å². The van der Waals surface area contributed by atoms with Gasteiger partial charge in [-0.3, -0.25) is 4.79 Å². The fraction of sp³-hybridized carbons (Fsp3) is 0.143. The van der Waals surface area contributed by atoms with Crippen molar-refractivity contribution >= 4 is 46.3 Å². The number of benzene rings is 1. The highest BCUT2D eigenvalue weighted by Gasteiger charge is 2.35. The van der Waals surface area contributed by atoms with Crippen molar-refractivity contribution < 1.29 is 9.21 Å². The number of halogens is 1. The van der Waals surface area contributed by atoms with Gasteiger partial charge in [-0.2, -0.15) is 5.10 Å². The summed E-state index contributed by atoms with van der Waals surface area (Å²) < 4.78 is 6.99. The molecule has 162 valence electrons. The van der Waals surface area contributed by atoms with E-state index < -0.39 is 0 Å². The van der Waals surface area contributed by atoms with Gasteiger partial charge in [-0.05, 0) is 41.3 Å². The molecule has 1 aliphatic heterocycles. The van der Waals surface area contributed by atoms with Gasteiger partial charge >= 0.3 is 0 Å². The molecule has 1 unspecified atom stereocenters. The Morgan fingerprint density at radius 2 is 2.06 bits per heavy atom. The molecule has 32 heavy (non-hydrogen) atoms. The lowest BCUT2D eigenvalue weighted by Crippen LogP contribution is -2.28. The van der Waals surface area contributed by atoms with E-state index in [-0.39, 0.29) is 17.7 Å². The van der Waals surface area contributed by atoms with E-state index in [4.69, 9.17) is 21.9 Å². The summed E-state index contributed by atoms with van der Waals surface area (Å²) in [5.41, 5.74) is 1.71. The van der Waals surface area contributed by atoms with Crippen LogP contribution in [0.2, 0.25) is 5.02 Å². The van der Waals surface area contributed by atoms with Crippen LogP contribution in [0.5, 0.6) is 0 Å². The van der Waals surface area contributed by atoms with Crippen molar-refractivity contribution in [1.82, 2.24) is 19.9 Å². The fourth-order valence-electron chi connectivity index (χ4n) is 3.40. The van der Waals surface area contributed by atoms with Crippen molar-refractivity contribution in [2.75, 3.05) is 11.6 Å². The highest BCUT2D eigenvalue weighted by molar-refractivity contribution is 7.99. The molecule has 4 aromatic rings. The predicted molar refractivity (Wildman–Crippen MR) is 125 cm³/mol. The summed E-state index contributed by atoms with van der Waals surface area (Å²) in [5.74, 6) is 7.32. The Morgan fingerprint density at radius 3 is 2.78 bits per heavy atom. The summed E-state index contributed by atoms with van der Waals surface area (Å²) in [5, 5.41) is 17.4. The first-order chi connectivity index (χ1) is 15.6. The van der Waals surface area contributed by atoms with Crippen LogP contribution in [0, 0.1) is 0 Å². The summed E-state index contributed by atoms with van der Waals surface area (Å²) in [6.07, 6.45) is 2.14. The second-order valence-corrected chi connectivity index (χ2v) is 9.30. The lowest BCUT2D eigenvalue weighted by Gasteiger charge is -2.19. The SMILES string of the molecule is Nn1c(SCC(=O)N2N=C(c3ccc(Cl)cc3)CC2c2ccco2)nnc1-c1cccs1. The van der Waals surface area contributed by atoms with E-state index in [0.29, 0.717) is 28.2 Å². The number of thioether (sulfide) groups is 1. The molecule has 0 bridgehead atoms. The number of hydrogen-bond acceptors (Lipinski definition) is 8. The summed E-state index contributed by atoms with van der Waals surface area (Å²) in [4.78, 5) is 14.1. The van der Waals surface area contributed by atoms with Crippen LogP contribution >= 0.6 is 34.7 Å². The molecule has 4 heterocycles. The van der Waals surface area contributed by atoms with Crippen LogP contribution < -0.4 is 5.84 Å². The number of nitrogen functional groups attached to an aromatic ring is 1. The molecule has 0 saturated heterocycles. The Kier molecular flexibility index (Phi) is 5.73. The molecule has 0 radical (unpaired) electrons. The first kappa shape index (κ1) is 20.8. The monoisotopic (exact) mass is 484 g/mol. The maximum absolute atomic E-state index is 13.1. The smallest absolute Gasteiger partial charge is 0.253 e. The second-order valence-electron chi connectivity index (χ2n) is 6.97. The fourth-order valence-corrected chi connectivity index (χ4v) is 4.94. The number of carbonyl (C=O) groups excluding carboxylic acids is 1. The van der Waals surface area contributed by atoms with E-state index in [2.05, 4.69) is 15.3 Å².